The molecule has 1 saturated carbocycles. The summed E-state index contributed by atoms with van der Waals surface area (Å²) in [5.41, 5.74) is 1.43. The lowest BCUT2D eigenvalue weighted by Gasteiger charge is -2.27. The summed E-state index contributed by atoms with van der Waals surface area (Å²) in [5, 5.41) is 0. The monoisotopic (exact) mass is 634 g/mol. The SMILES string of the molecule is CCOC(=O)c1ccc(N(Cc2ccc(C3CCCCC3)cc2)C(=O)CN(C)S(=O)(=O)c2c(F)c(F)c(C)c(F)c2F)cc1. The molecule has 3 aromatic rings. The summed E-state index contributed by atoms with van der Waals surface area (Å²) in [4.78, 5) is 25.2. The van der Waals surface area contributed by atoms with E-state index in [1.807, 2.05) is 24.3 Å². The second kappa shape index (κ2) is 13.9. The molecule has 0 spiro atoms. The van der Waals surface area contributed by atoms with Crippen molar-refractivity contribution in [3.05, 3.63) is 94.1 Å². The Morgan fingerprint density at radius 1 is 0.864 bits per heavy atom. The van der Waals surface area contributed by atoms with Crippen LogP contribution in [0, 0.1) is 30.2 Å². The molecule has 7 nitrogen and oxygen atoms in total. The maximum Gasteiger partial charge on any atom is 0.338 e. The van der Waals surface area contributed by atoms with E-state index >= 15 is 0 Å². The standard InChI is InChI=1S/C32H34F4N2O5S/c1-4-43-32(40)24-14-16-25(17-15-24)38(18-21-10-12-23(13-11-21)22-8-6-5-7-9-22)26(39)19-37(3)44(41,42)31-29(35)27(33)20(2)28(34)30(31)36/h10-17,22H,4-9,18-19H2,1-3H3. The van der Waals surface area contributed by atoms with Crippen LogP contribution in [0.1, 0.15) is 72.0 Å². The van der Waals surface area contributed by atoms with Crippen molar-refractivity contribution in [1.29, 1.82) is 0 Å². The predicted octanol–water partition coefficient (Wildman–Crippen LogP) is 6.63. The molecule has 0 heterocycles. The smallest absolute Gasteiger partial charge is 0.338 e. The van der Waals surface area contributed by atoms with Gasteiger partial charge in [-0.25, -0.2) is 30.8 Å². The summed E-state index contributed by atoms with van der Waals surface area (Å²) < 4.78 is 89.1. The summed E-state index contributed by atoms with van der Waals surface area (Å²) in [7, 11) is -4.32. The lowest BCUT2D eigenvalue weighted by atomic mass is 9.84. The van der Waals surface area contributed by atoms with Crippen LogP contribution in [0.25, 0.3) is 0 Å². The quantitative estimate of drug-likeness (QED) is 0.142. The van der Waals surface area contributed by atoms with E-state index in [0.29, 0.717) is 15.9 Å². The first-order valence-electron chi connectivity index (χ1n) is 14.3. The lowest BCUT2D eigenvalue weighted by Crippen LogP contribution is -2.41. The van der Waals surface area contributed by atoms with Crippen LogP contribution in [0.4, 0.5) is 23.2 Å². The molecule has 1 aliphatic rings. The summed E-state index contributed by atoms with van der Waals surface area (Å²) >= 11 is 0. The van der Waals surface area contributed by atoms with E-state index < -0.39 is 62.2 Å². The number of anilines is 1. The molecule has 3 aromatic carbocycles. The van der Waals surface area contributed by atoms with Crippen LogP contribution in [-0.4, -0.2) is 44.8 Å². The molecule has 0 atom stereocenters. The van der Waals surface area contributed by atoms with Gasteiger partial charge in [-0.05, 0) is 68.0 Å². The third-order valence-corrected chi connectivity index (χ3v) is 9.68. The number of carbonyl (C=O) groups excluding carboxylic acids is 2. The van der Waals surface area contributed by atoms with Gasteiger partial charge in [0.1, 0.15) is 0 Å². The second-order valence-corrected chi connectivity index (χ2v) is 12.8. The highest BCUT2D eigenvalue weighted by Gasteiger charge is 2.36. The number of hydrogen-bond acceptors (Lipinski definition) is 5. The van der Waals surface area contributed by atoms with Gasteiger partial charge in [0.25, 0.3) is 0 Å². The van der Waals surface area contributed by atoms with Gasteiger partial charge in [-0.3, -0.25) is 4.79 Å². The van der Waals surface area contributed by atoms with Crippen molar-refractivity contribution >= 4 is 27.6 Å². The van der Waals surface area contributed by atoms with E-state index in [1.54, 1.807) is 6.92 Å². The molecule has 12 heteroatoms. The van der Waals surface area contributed by atoms with E-state index in [9.17, 15) is 35.6 Å². The first kappa shape index (κ1) is 33.1. The number of likely N-dealkylation sites (N-methyl/N-ethyl adjacent to an activating group) is 1. The van der Waals surface area contributed by atoms with Gasteiger partial charge < -0.3 is 9.64 Å². The van der Waals surface area contributed by atoms with Crippen molar-refractivity contribution in [2.75, 3.05) is 25.1 Å². The number of hydrogen-bond donors (Lipinski definition) is 0. The first-order valence-corrected chi connectivity index (χ1v) is 15.8. The van der Waals surface area contributed by atoms with E-state index in [0.717, 1.165) is 32.4 Å². The van der Waals surface area contributed by atoms with Crippen molar-refractivity contribution in [3.8, 4) is 0 Å². The Hall–Kier alpha value is -3.77. The summed E-state index contributed by atoms with van der Waals surface area (Å²) in [6, 6.07) is 13.6. The minimum absolute atomic E-state index is 0.00701. The van der Waals surface area contributed by atoms with E-state index in [2.05, 4.69) is 0 Å². The number of benzene rings is 3. The number of sulfonamides is 1. The van der Waals surface area contributed by atoms with Crippen LogP contribution >= 0.6 is 0 Å². The molecule has 236 valence electrons. The molecule has 0 saturated heterocycles. The number of carbonyl (C=O) groups is 2. The molecule has 1 amide bonds. The molecule has 0 aliphatic heterocycles. The topological polar surface area (TPSA) is 84.0 Å². The van der Waals surface area contributed by atoms with E-state index in [1.165, 1.54) is 54.0 Å². The van der Waals surface area contributed by atoms with Crippen molar-refractivity contribution in [2.45, 2.75) is 63.3 Å². The number of halogens is 4. The van der Waals surface area contributed by atoms with Gasteiger partial charge in [0.2, 0.25) is 15.9 Å². The minimum Gasteiger partial charge on any atom is -0.462 e. The average molecular weight is 635 g/mol. The Balaban J connectivity index is 1.63. The van der Waals surface area contributed by atoms with Gasteiger partial charge in [-0.2, -0.15) is 4.31 Å². The molecule has 0 bridgehead atoms. The lowest BCUT2D eigenvalue weighted by molar-refractivity contribution is -0.118. The first-order chi connectivity index (χ1) is 20.9. The van der Waals surface area contributed by atoms with Crippen molar-refractivity contribution in [2.24, 2.45) is 0 Å². The highest BCUT2D eigenvalue weighted by Crippen LogP contribution is 2.33. The minimum atomic E-state index is -5.19. The Bertz CT molecular complexity index is 1590. The molecule has 1 aliphatic carbocycles. The van der Waals surface area contributed by atoms with Gasteiger partial charge >= 0.3 is 5.97 Å². The molecule has 44 heavy (non-hydrogen) atoms. The van der Waals surface area contributed by atoms with E-state index in [4.69, 9.17) is 4.74 Å². The molecular formula is C32H34F4N2O5S. The largest absolute Gasteiger partial charge is 0.462 e. The zero-order valence-corrected chi connectivity index (χ0v) is 25.5. The summed E-state index contributed by atoms with van der Waals surface area (Å²) in [6.07, 6.45) is 5.77. The Labute approximate surface area is 254 Å². The van der Waals surface area contributed by atoms with Crippen LogP contribution < -0.4 is 4.90 Å². The zero-order valence-electron chi connectivity index (χ0n) is 24.7. The number of amides is 1. The van der Waals surface area contributed by atoms with Gasteiger partial charge in [0.05, 0.1) is 25.3 Å². The van der Waals surface area contributed by atoms with Crippen molar-refractivity contribution < 1.29 is 40.3 Å². The highest BCUT2D eigenvalue weighted by atomic mass is 32.2. The maximum atomic E-state index is 14.6. The third kappa shape index (κ3) is 6.96. The third-order valence-electron chi connectivity index (χ3n) is 7.86. The number of esters is 1. The fourth-order valence-corrected chi connectivity index (χ4v) is 6.52. The van der Waals surface area contributed by atoms with Gasteiger partial charge in [-0.1, -0.05) is 43.5 Å². The second-order valence-electron chi connectivity index (χ2n) is 10.8. The Morgan fingerprint density at radius 2 is 1.43 bits per heavy atom. The Morgan fingerprint density at radius 3 is 1.98 bits per heavy atom. The number of nitrogens with zero attached hydrogens (tertiary/aromatic N) is 2. The molecule has 0 N–H and O–H groups in total. The van der Waals surface area contributed by atoms with Crippen LogP contribution in [0.3, 0.4) is 0 Å². The molecule has 1 fully saturated rings. The van der Waals surface area contributed by atoms with Crippen LogP contribution in [0.2, 0.25) is 0 Å². The number of ether oxygens (including phenoxy) is 1. The van der Waals surface area contributed by atoms with Crippen LogP contribution in [0.15, 0.2) is 53.4 Å². The number of rotatable bonds is 10. The Kier molecular flexibility index (Phi) is 10.5. The van der Waals surface area contributed by atoms with Crippen molar-refractivity contribution in [3.63, 3.8) is 0 Å². The maximum absolute atomic E-state index is 14.6. The zero-order chi connectivity index (χ0) is 32.2. The molecule has 0 unspecified atom stereocenters. The fraction of sp³-hybridized carbons (Fsp3) is 0.375. The summed E-state index contributed by atoms with van der Waals surface area (Å²) in [6.45, 7) is 1.67. The van der Waals surface area contributed by atoms with Gasteiger partial charge in [0.15, 0.2) is 28.2 Å². The highest BCUT2D eigenvalue weighted by molar-refractivity contribution is 7.89. The predicted molar refractivity (Wildman–Crippen MR) is 157 cm³/mol. The van der Waals surface area contributed by atoms with Crippen LogP contribution in [0.5, 0.6) is 0 Å². The molecule has 4 rings (SSSR count). The van der Waals surface area contributed by atoms with Crippen molar-refractivity contribution in [1.82, 2.24) is 4.31 Å². The molecule has 0 radical (unpaired) electrons. The summed E-state index contributed by atoms with van der Waals surface area (Å²) in [5.74, 6) is -8.75. The normalized spacial score (nSPS) is 14.1. The van der Waals surface area contributed by atoms with Gasteiger partial charge in [0, 0.05) is 18.3 Å². The van der Waals surface area contributed by atoms with Gasteiger partial charge in [-0.15, -0.1) is 0 Å². The molecule has 0 aromatic heterocycles. The fourth-order valence-electron chi connectivity index (χ4n) is 5.29. The average Bonchev–Trinajstić information content (AvgIpc) is 3.02. The van der Waals surface area contributed by atoms with Crippen LogP contribution in [-0.2, 0) is 26.1 Å². The van der Waals surface area contributed by atoms with E-state index in [-0.39, 0.29) is 18.7 Å². The molecular weight excluding hydrogens is 600 g/mol.